The first-order valence-electron chi connectivity index (χ1n) is 6.67. The minimum atomic E-state index is -0.733. The molecule has 0 unspecified atom stereocenters. The van der Waals surface area contributed by atoms with Crippen molar-refractivity contribution in [3.05, 3.63) is 29.8 Å². The van der Waals surface area contributed by atoms with Crippen LogP contribution in [0, 0.1) is 6.92 Å². The fourth-order valence-electron chi connectivity index (χ4n) is 1.98. The summed E-state index contributed by atoms with van der Waals surface area (Å²) in [6.07, 6.45) is 3.68. The molecule has 0 saturated carbocycles. The SMILES string of the molecule is CCCCCN(CCC(=O)O)c1cccc(C)c1. The van der Waals surface area contributed by atoms with E-state index in [-0.39, 0.29) is 6.42 Å². The molecule has 0 saturated heterocycles. The van der Waals surface area contributed by atoms with Crippen LogP contribution in [-0.4, -0.2) is 24.2 Å². The summed E-state index contributed by atoms with van der Waals surface area (Å²) in [6.45, 7) is 5.76. The van der Waals surface area contributed by atoms with Gasteiger partial charge >= 0.3 is 5.97 Å². The van der Waals surface area contributed by atoms with Crippen molar-refractivity contribution in [3.8, 4) is 0 Å². The molecule has 3 nitrogen and oxygen atoms in total. The number of benzene rings is 1. The van der Waals surface area contributed by atoms with Gasteiger partial charge in [-0.15, -0.1) is 0 Å². The molecule has 0 aromatic heterocycles. The molecule has 0 bridgehead atoms. The number of unbranched alkanes of at least 4 members (excludes halogenated alkanes) is 2. The van der Waals surface area contributed by atoms with Crippen molar-refractivity contribution in [1.29, 1.82) is 0 Å². The predicted molar refractivity (Wildman–Crippen MR) is 75.2 cm³/mol. The summed E-state index contributed by atoms with van der Waals surface area (Å²) in [7, 11) is 0. The van der Waals surface area contributed by atoms with E-state index < -0.39 is 5.97 Å². The topological polar surface area (TPSA) is 40.5 Å². The van der Waals surface area contributed by atoms with E-state index in [2.05, 4.69) is 36.9 Å². The average molecular weight is 249 g/mol. The van der Waals surface area contributed by atoms with E-state index in [0.717, 1.165) is 18.7 Å². The largest absolute Gasteiger partial charge is 0.481 e. The number of carboxylic acids is 1. The molecule has 1 aromatic carbocycles. The number of anilines is 1. The highest BCUT2D eigenvalue weighted by Crippen LogP contribution is 2.17. The van der Waals surface area contributed by atoms with Gasteiger partial charge < -0.3 is 10.0 Å². The highest BCUT2D eigenvalue weighted by molar-refractivity contribution is 5.67. The Morgan fingerprint density at radius 1 is 1.28 bits per heavy atom. The summed E-state index contributed by atoms with van der Waals surface area (Å²) in [5, 5.41) is 8.81. The Hall–Kier alpha value is -1.51. The lowest BCUT2D eigenvalue weighted by Crippen LogP contribution is -2.27. The highest BCUT2D eigenvalue weighted by Gasteiger charge is 2.08. The number of hydrogen-bond acceptors (Lipinski definition) is 2. The van der Waals surface area contributed by atoms with Crippen LogP contribution in [0.4, 0.5) is 5.69 Å². The van der Waals surface area contributed by atoms with Crippen molar-refractivity contribution in [2.45, 2.75) is 39.5 Å². The molecule has 0 aliphatic carbocycles. The normalized spacial score (nSPS) is 10.3. The maximum absolute atomic E-state index is 10.7. The molecule has 0 aliphatic rings. The molecule has 0 aliphatic heterocycles. The smallest absolute Gasteiger partial charge is 0.305 e. The van der Waals surface area contributed by atoms with Crippen LogP contribution < -0.4 is 4.90 Å². The van der Waals surface area contributed by atoms with Gasteiger partial charge in [-0.3, -0.25) is 4.79 Å². The van der Waals surface area contributed by atoms with Crippen LogP contribution in [0.5, 0.6) is 0 Å². The number of hydrogen-bond donors (Lipinski definition) is 1. The molecule has 0 heterocycles. The van der Waals surface area contributed by atoms with E-state index in [4.69, 9.17) is 5.11 Å². The summed E-state index contributed by atoms with van der Waals surface area (Å²) in [4.78, 5) is 12.9. The van der Waals surface area contributed by atoms with E-state index in [9.17, 15) is 4.79 Å². The zero-order valence-electron chi connectivity index (χ0n) is 11.4. The van der Waals surface area contributed by atoms with Crippen molar-refractivity contribution in [2.75, 3.05) is 18.0 Å². The molecular weight excluding hydrogens is 226 g/mol. The number of aliphatic carboxylic acids is 1. The fourth-order valence-corrected chi connectivity index (χ4v) is 1.98. The molecule has 1 N–H and O–H groups in total. The van der Waals surface area contributed by atoms with Gasteiger partial charge in [0, 0.05) is 18.8 Å². The van der Waals surface area contributed by atoms with Gasteiger partial charge in [0.15, 0.2) is 0 Å². The van der Waals surface area contributed by atoms with Crippen LogP contribution in [0.25, 0.3) is 0 Å². The van der Waals surface area contributed by atoms with Gasteiger partial charge in [-0.2, -0.15) is 0 Å². The Labute approximate surface area is 109 Å². The third-order valence-electron chi connectivity index (χ3n) is 2.99. The summed E-state index contributed by atoms with van der Waals surface area (Å²) >= 11 is 0. The Bertz CT molecular complexity index is 377. The molecule has 0 amide bonds. The third-order valence-corrected chi connectivity index (χ3v) is 2.99. The van der Waals surface area contributed by atoms with Crippen LogP contribution in [0.2, 0.25) is 0 Å². The second-order valence-electron chi connectivity index (χ2n) is 4.68. The Morgan fingerprint density at radius 2 is 2.06 bits per heavy atom. The highest BCUT2D eigenvalue weighted by atomic mass is 16.4. The molecule has 1 aromatic rings. The van der Waals surface area contributed by atoms with Gasteiger partial charge in [0.1, 0.15) is 0 Å². The molecule has 0 atom stereocenters. The van der Waals surface area contributed by atoms with Gasteiger partial charge in [0.2, 0.25) is 0 Å². The van der Waals surface area contributed by atoms with E-state index >= 15 is 0 Å². The second-order valence-corrected chi connectivity index (χ2v) is 4.68. The molecule has 18 heavy (non-hydrogen) atoms. The van der Waals surface area contributed by atoms with Crippen molar-refractivity contribution in [1.82, 2.24) is 0 Å². The zero-order chi connectivity index (χ0) is 13.4. The second kappa shape index (κ2) is 7.75. The number of carbonyl (C=O) groups is 1. The van der Waals surface area contributed by atoms with Crippen LogP contribution in [0.1, 0.15) is 38.2 Å². The monoisotopic (exact) mass is 249 g/mol. The molecule has 0 spiro atoms. The van der Waals surface area contributed by atoms with Gasteiger partial charge in [0.25, 0.3) is 0 Å². The van der Waals surface area contributed by atoms with Crippen LogP contribution >= 0.6 is 0 Å². The number of carboxylic acid groups (broad SMARTS) is 1. The Morgan fingerprint density at radius 3 is 2.67 bits per heavy atom. The van der Waals surface area contributed by atoms with E-state index in [1.807, 2.05) is 6.07 Å². The zero-order valence-corrected chi connectivity index (χ0v) is 11.4. The quantitative estimate of drug-likeness (QED) is 0.717. The first-order chi connectivity index (χ1) is 8.63. The fraction of sp³-hybridized carbons (Fsp3) is 0.533. The lowest BCUT2D eigenvalue weighted by atomic mass is 10.1. The summed E-state index contributed by atoms with van der Waals surface area (Å²) in [5.74, 6) is -0.733. The number of nitrogens with zero attached hydrogens (tertiary/aromatic N) is 1. The molecule has 100 valence electrons. The third kappa shape index (κ3) is 5.21. The maximum atomic E-state index is 10.7. The molecule has 1 rings (SSSR count). The van der Waals surface area contributed by atoms with Gasteiger partial charge in [-0.05, 0) is 31.0 Å². The van der Waals surface area contributed by atoms with Crippen LogP contribution in [0.15, 0.2) is 24.3 Å². The lowest BCUT2D eigenvalue weighted by molar-refractivity contribution is -0.136. The Kier molecular flexibility index (Phi) is 6.26. The Balaban J connectivity index is 2.66. The summed E-state index contributed by atoms with van der Waals surface area (Å²) < 4.78 is 0. The van der Waals surface area contributed by atoms with E-state index in [1.54, 1.807) is 0 Å². The van der Waals surface area contributed by atoms with Crippen molar-refractivity contribution in [2.24, 2.45) is 0 Å². The summed E-state index contributed by atoms with van der Waals surface area (Å²) in [6, 6.07) is 8.26. The molecular formula is C15H23NO2. The minimum Gasteiger partial charge on any atom is -0.481 e. The van der Waals surface area contributed by atoms with Gasteiger partial charge in [-0.25, -0.2) is 0 Å². The molecule has 3 heteroatoms. The maximum Gasteiger partial charge on any atom is 0.305 e. The van der Waals surface area contributed by atoms with Crippen molar-refractivity contribution in [3.63, 3.8) is 0 Å². The van der Waals surface area contributed by atoms with Crippen LogP contribution in [0.3, 0.4) is 0 Å². The first-order valence-corrected chi connectivity index (χ1v) is 6.67. The minimum absolute atomic E-state index is 0.195. The molecule has 0 radical (unpaired) electrons. The average Bonchev–Trinajstić information content (AvgIpc) is 2.33. The molecule has 0 fully saturated rings. The predicted octanol–water partition coefficient (Wildman–Crippen LogP) is 3.47. The van der Waals surface area contributed by atoms with Gasteiger partial charge in [-0.1, -0.05) is 31.9 Å². The van der Waals surface area contributed by atoms with E-state index in [0.29, 0.717) is 6.54 Å². The van der Waals surface area contributed by atoms with E-state index in [1.165, 1.54) is 18.4 Å². The van der Waals surface area contributed by atoms with Gasteiger partial charge in [0.05, 0.1) is 6.42 Å². The number of rotatable bonds is 8. The standard InChI is InChI=1S/C15H23NO2/c1-3-4-5-10-16(11-9-15(17)18)14-8-6-7-13(2)12-14/h6-8,12H,3-5,9-11H2,1-2H3,(H,17,18). The van der Waals surface area contributed by atoms with Crippen LogP contribution in [-0.2, 0) is 4.79 Å². The number of aryl methyl sites for hydroxylation is 1. The summed E-state index contributed by atoms with van der Waals surface area (Å²) in [5.41, 5.74) is 2.34. The van der Waals surface area contributed by atoms with Crippen molar-refractivity contribution < 1.29 is 9.90 Å². The first kappa shape index (κ1) is 14.6. The van der Waals surface area contributed by atoms with Crippen molar-refractivity contribution >= 4 is 11.7 Å². The lowest BCUT2D eigenvalue weighted by Gasteiger charge is -2.24.